The number of amides is 1. The number of pyridine rings is 1. The van der Waals surface area contributed by atoms with Gasteiger partial charge < -0.3 is 4.74 Å². The first-order valence-electron chi connectivity index (χ1n) is 13.1. The molecule has 3 atom stereocenters. The Morgan fingerprint density at radius 1 is 1.11 bits per heavy atom. The van der Waals surface area contributed by atoms with Crippen molar-refractivity contribution in [3.8, 4) is 0 Å². The molecule has 1 aromatic heterocycles. The summed E-state index contributed by atoms with van der Waals surface area (Å²) in [5.74, 6) is -0.298. The fraction of sp³-hybridized carbons (Fsp3) is 0.571. The molecule has 5 rings (SSSR count). The zero-order chi connectivity index (χ0) is 26.6. The zero-order valence-electron chi connectivity index (χ0n) is 21.5. The number of rotatable bonds is 4. The summed E-state index contributed by atoms with van der Waals surface area (Å²) in [7, 11) is -3.93. The van der Waals surface area contributed by atoms with Gasteiger partial charge in [-0.2, -0.15) is 0 Å². The monoisotopic (exact) mass is 548 g/mol. The summed E-state index contributed by atoms with van der Waals surface area (Å²) in [6.07, 6.45) is 6.01. The van der Waals surface area contributed by atoms with Gasteiger partial charge in [-0.3, -0.25) is 9.69 Å². The molecule has 2 saturated heterocycles. The van der Waals surface area contributed by atoms with E-state index in [1.54, 1.807) is 0 Å². The Balaban J connectivity index is 1.57. The van der Waals surface area contributed by atoms with Gasteiger partial charge in [0.25, 0.3) is 0 Å². The summed E-state index contributed by atoms with van der Waals surface area (Å²) in [5.41, 5.74) is -0.344. The van der Waals surface area contributed by atoms with Gasteiger partial charge in [0.15, 0.2) is 21.5 Å². The van der Waals surface area contributed by atoms with E-state index < -0.39 is 25.8 Å². The molecule has 1 saturated carbocycles. The Morgan fingerprint density at radius 2 is 1.76 bits per heavy atom. The number of ether oxygens (including phenoxy) is 1. The quantitative estimate of drug-likeness (QED) is 0.474. The number of sulfone groups is 1. The van der Waals surface area contributed by atoms with Gasteiger partial charge in [-0.1, -0.05) is 38.3 Å². The summed E-state index contributed by atoms with van der Waals surface area (Å²) < 4.78 is 47.9. The van der Waals surface area contributed by atoms with Crippen LogP contribution in [-0.2, 0) is 24.1 Å². The van der Waals surface area contributed by atoms with Crippen molar-refractivity contribution in [1.29, 1.82) is 0 Å². The number of benzene rings is 1. The number of nitrogens with zero attached hydrogens (tertiary/aromatic N) is 2. The average molecular weight is 549 g/mol. The molecular weight excluding hydrogens is 515 g/mol. The summed E-state index contributed by atoms with van der Waals surface area (Å²) in [4.78, 5) is 19.8. The van der Waals surface area contributed by atoms with Crippen molar-refractivity contribution in [1.82, 2.24) is 4.98 Å². The highest BCUT2D eigenvalue weighted by molar-refractivity contribution is 7.92. The van der Waals surface area contributed by atoms with Crippen LogP contribution in [0.2, 0.25) is 5.02 Å². The van der Waals surface area contributed by atoms with Crippen LogP contribution in [0.1, 0.15) is 64.9 Å². The number of aromatic nitrogens is 1. The summed E-state index contributed by atoms with van der Waals surface area (Å²) in [6.45, 7) is 6.36. The highest BCUT2D eigenvalue weighted by atomic mass is 35.5. The molecule has 1 amide bonds. The van der Waals surface area contributed by atoms with E-state index >= 15 is 4.39 Å². The molecule has 0 N–H and O–H groups in total. The van der Waals surface area contributed by atoms with Crippen LogP contribution in [0.5, 0.6) is 0 Å². The Morgan fingerprint density at radius 3 is 2.41 bits per heavy atom. The van der Waals surface area contributed by atoms with Crippen LogP contribution in [0.25, 0.3) is 0 Å². The van der Waals surface area contributed by atoms with Gasteiger partial charge in [0, 0.05) is 35.9 Å². The lowest BCUT2D eigenvalue weighted by atomic mass is 9.60. The van der Waals surface area contributed by atoms with Gasteiger partial charge in [-0.25, -0.2) is 17.8 Å². The number of hydrogen-bond acceptors (Lipinski definition) is 5. The van der Waals surface area contributed by atoms with Crippen LogP contribution in [-0.4, -0.2) is 38.6 Å². The normalized spacial score (nSPS) is 27.5. The molecule has 9 heteroatoms. The predicted octanol–water partition coefficient (Wildman–Crippen LogP) is 5.92. The van der Waals surface area contributed by atoms with E-state index in [2.05, 4.69) is 4.98 Å². The van der Waals surface area contributed by atoms with Crippen molar-refractivity contribution in [2.45, 2.75) is 75.0 Å². The van der Waals surface area contributed by atoms with Gasteiger partial charge >= 0.3 is 0 Å². The third-order valence-corrected chi connectivity index (χ3v) is 11.9. The second kappa shape index (κ2) is 9.62. The topological polar surface area (TPSA) is 76.6 Å². The first-order valence-corrected chi connectivity index (χ1v) is 14.9. The molecule has 3 fully saturated rings. The lowest BCUT2D eigenvalue weighted by molar-refractivity contribution is -0.137. The molecule has 3 heterocycles. The van der Waals surface area contributed by atoms with Gasteiger partial charge in [0.1, 0.15) is 4.75 Å². The number of piperidine rings is 1. The fourth-order valence-electron chi connectivity index (χ4n) is 6.88. The lowest BCUT2D eigenvalue weighted by Crippen LogP contribution is -2.60. The summed E-state index contributed by atoms with van der Waals surface area (Å²) >= 11 is 5.99. The van der Waals surface area contributed by atoms with Crippen molar-refractivity contribution < 1.29 is 22.3 Å². The number of carbonyl (C=O) groups is 1. The van der Waals surface area contributed by atoms with Gasteiger partial charge in [0.05, 0.1) is 4.90 Å². The Labute approximate surface area is 223 Å². The van der Waals surface area contributed by atoms with Crippen molar-refractivity contribution >= 4 is 33.2 Å². The van der Waals surface area contributed by atoms with Crippen LogP contribution in [0.3, 0.4) is 0 Å². The molecule has 6 nitrogen and oxygen atoms in total. The standard InChI is InChI=1S/C28H34ClFN2O4S/c1-18-22-6-4-5-7-23(22)27(2,3)26(33)32(18)25-24(30)16-19(17-31-25)28(12-14-36-15-13-28)37(34,35)21-10-8-20(29)9-11-21/h8-11,16-18,22-23H,4-7,12-15H2,1-3H3. The molecule has 37 heavy (non-hydrogen) atoms. The van der Waals surface area contributed by atoms with Crippen molar-refractivity contribution in [3.05, 3.63) is 52.9 Å². The van der Waals surface area contributed by atoms with Crippen LogP contribution in [0, 0.1) is 23.1 Å². The second-order valence-electron chi connectivity index (χ2n) is 11.3. The molecule has 3 unspecified atom stereocenters. The maximum atomic E-state index is 15.9. The van der Waals surface area contributed by atoms with Gasteiger partial charge in [0.2, 0.25) is 5.91 Å². The Kier molecular flexibility index (Phi) is 6.91. The molecule has 200 valence electrons. The first kappa shape index (κ1) is 26.6. The molecule has 2 aromatic rings. The van der Waals surface area contributed by atoms with Crippen molar-refractivity contribution in [2.24, 2.45) is 17.3 Å². The minimum atomic E-state index is -3.93. The molecule has 0 bridgehead atoms. The minimum Gasteiger partial charge on any atom is -0.381 e. The van der Waals surface area contributed by atoms with E-state index in [1.165, 1.54) is 41.4 Å². The van der Waals surface area contributed by atoms with E-state index in [0.717, 1.165) is 25.7 Å². The molecule has 1 aliphatic carbocycles. The molecule has 1 aromatic carbocycles. The number of fused-ring (bicyclic) bond motifs is 1. The van der Waals surface area contributed by atoms with Crippen LogP contribution in [0.15, 0.2) is 41.4 Å². The Hall–Kier alpha value is -2.03. The van der Waals surface area contributed by atoms with E-state index in [-0.39, 0.29) is 66.1 Å². The third kappa shape index (κ3) is 4.20. The fourth-order valence-corrected chi connectivity index (χ4v) is 9.08. The summed E-state index contributed by atoms with van der Waals surface area (Å²) in [5, 5.41) is 0.431. The SMILES string of the molecule is CC1C2CCCCC2C(C)(C)C(=O)N1c1ncc(C2(S(=O)(=O)c3ccc(Cl)cc3)CCOCC2)cc1F. The maximum absolute atomic E-state index is 15.9. The highest BCUT2D eigenvalue weighted by Gasteiger charge is 2.54. The Bertz CT molecular complexity index is 1290. The second-order valence-corrected chi connectivity index (χ2v) is 14.0. The largest absolute Gasteiger partial charge is 0.381 e. The number of carbonyl (C=O) groups excluding carboxylic acids is 1. The molecule has 3 aliphatic rings. The van der Waals surface area contributed by atoms with E-state index in [1.807, 2.05) is 20.8 Å². The van der Waals surface area contributed by atoms with Crippen molar-refractivity contribution in [2.75, 3.05) is 18.1 Å². The minimum absolute atomic E-state index is 0.0237. The van der Waals surface area contributed by atoms with Gasteiger partial charge in [-0.15, -0.1) is 0 Å². The van der Waals surface area contributed by atoms with Crippen molar-refractivity contribution in [3.63, 3.8) is 0 Å². The lowest BCUT2D eigenvalue weighted by Gasteiger charge is -2.53. The molecular formula is C28H34ClFN2O4S. The van der Waals surface area contributed by atoms with E-state index in [4.69, 9.17) is 16.3 Å². The molecule has 0 radical (unpaired) electrons. The molecule has 2 aliphatic heterocycles. The first-order chi connectivity index (χ1) is 17.5. The van der Waals surface area contributed by atoms with E-state index in [0.29, 0.717) is 5.02 Å². The third-order valence-electron chi connectivity index (χ3n) is 9.06. The van der Waals surface area contributed by atoms with Crippen LogP contribution in [0.4, 0.5) is 10.2 Å². The van der Waals surface area contributed by atoms with Gasteiger partial charge in [-0.05, 0) is 80.3 Å². The van der Waals surface area contributed by atoms with Crippen LogP contribution >= 0.6 is 11.6 Å². The summed E-state index contributed by atoms with van der Waals surface area (Å²) in [6, 6.07) is 7.10. The van der Waals surface area contributed by atoms with E-state index in [9.17, 15) is 13.2 Å². The highest BCUT2D eigenvalue weighted by Crippen LogP contribution is 2.51. The maximum Gasteiger partial charge on any atom is 0.234 e. The smallest absolute Gasteiger partial charge is 0.234 e. The zero-order valence-corrected chi connectivity index (χ0v) is 23.1. The number of hydrogen-bond donors (Lipinski definition) is 0. The molecule has 0 spiro atoms. The number of halogens is 2. The predicted molar refractivity (Wildman–Crippen MR) is 141 cm³/mol. The number of anilines is 1. The van der Waals surface area contributed by atoms with Crippen LogP contribution < -0.4 is 4.90 Å². The average Bonchev–Trinajstić information content (AvgIpc) is 2.89.